The van der Waals surface area contributed by atoms with E-state index in [4.69, 9.17) is 9.52 Å². The van der Waals surface area contributed by atoms with E-state index in [0.29, 0.717) is 5.76 Å². The summed E-state index contributed by atoms with van der Waals surface area (Å²) in [6.45, 7) is -0.486. The molecule has 5 heteroatoms. The van der Waals surface area contributed by atoms with Crippen LogP contribution in [0.2, 0.25) is 0 Å². The van der Waals surface area contributed by atoms with Crippen molar-refractivity contribution in [1.29, 1.82) is 0 Å². The smallest absolute Gasteiger partial charge is 0.389 e. The van der Waals surface area contributed by atoms with Crippen LogP contribution in [0.3, 0.4) is 0 Å². The van der Waals surface area contributed by atoms with Crippen molar-refractivity contribution in [2.75, 3.05) is 6.61 Å². The fraction of sp³-hybridized carbons (Fsp3) is 0.556. The molecule has 0 saturated carbocycles. The van der Waals surface area contributed by atoms with Crippen molar-refractivity contribution in [2.24, 2.45) is 5.92 Å². The summed E-state index contributed by atoms with van der Waals surface area (Å²) in [5.74, 6) is -0.352. The molecule has 0 spiro atoms. The second-order valence-electron chi connectivity index (χ2n) is 3.15. The summed E-state index contributed by atoms with van der Waals surface area (Å²) in [6, 6.07) is 3.20. The summed E-state index contributed by atoms with van der Waals surface area (Å²) in [5, 5.41) is 8.75. The summed E-state index contributed by atoms with van der Waals surface area (Å²) in [4.78, 5) is 0. The van der Waals surface area contributed by atoms with Gasteiger partial charge in [0.2, 0.25) is 0 Å². The molecule has 0 aliphatic carbocycles. The van der Waals surface area contributed by atoms with Crippen LogP contribution < -0.4 is 0 Å². The zero-order valence-corrected chi connectivity index (χ0v) is 7.42. The predicted molar refractivity (Wildman–Crippen MR) is 43.7 cm³/mol. The highest BCUT2D eigenvalue weighted by Gasteiger charge is 2.31. The fourth-order valence-electron chi connectivity index (χ4n) is 1.24. The van der Waals surface area contributed by atoms with E-state index in [0.717, 1.165) is 0 Å². The number of aliphatic hydroxyl groups is 1. The molecule has 14 heavy (non-hydrogen) atoms. The molecule has 1 heterocycles. The van der Waals surface area contributed by atoms with E-state index in [9.17, 15) is 13.2 Å². The molecule has 0 radical (unpaired) electrons. The third-order valence-corrected chi connectivity index (χ3v) is 1.85. The van der Waals surface area contributed by atoms with Crippen molar-refractivity contribution in [3.05, 3.63) is 24.2 Å². The Labute approximate surface area is 79.3 Å². The lowest BCUT2D eigenvalue weighted by Gasteiger charge is -2.14. The molecule has 0 bridgehead atoms. The van der Waals surface area contributed by atoms with Gasteiger partial charge < -0.3 is 9.52 Å². The van der Waals surface area contributed by atoms with Crippen LogP contribution >= 0.6 is 0 Å². The van der Waals surface area contributed by atoms with Gasteiger partial charge in [-0.05, 0) is 18.1 Å². The number of furan rings is 1. The van der Waals surface area contributed by atoms with Gasteiger partial charge in [-0.2, -0.15) is 13.2 Å². The maximum atomic E-state index is 12.0. The molecule has 0 saturated heterocycles. The summed E-state index contributed by atoms with van der Waals surface area (Å²) < 4.78 is 40.8. The highest BCUT2D eigenvalue weighted by molar-refractivity contribution is 4.99. The number of halogens is 3. The molecule has 1 N–H and O–H groups in total. The molecule has 0 unspecified atom stereocenters. The van der Waals surface area contributed by atoms with Crippen LogP contribution in [0.15, 0.2) is 22.8 Å². The molecule has 0 amide bonds. The summed E-state index contributed by atoms with van der Waals surface area (Å²) in [6.07, 6.45) is -3.70. The van der Waals surface area contributed by atoms with Gasteiger partial charge in [0.05, 0.1) is 6.26 Å². The maximum absolute atomic E-state index is 12.0. The fourth-order valence-corrected chi connectivity index (χ4v) is 1.24. The lowest BCUT2D eigenvalue weighted by molar-refractivity contribution is -0.147. The van der Waals surface area contributed by atoms with Crippen LogP contribution in [0.1, 0.15) is 12.2 Å². The topological polar surface area (TPSA) is 33.4 Å². The van der Waals surface area contributed by atoms with Gasteiger partial charge in [0.25, 0.3) is 0 Å². The molecule has 2 nitrogen and oxygen atoms in total. The van der Waals surface area contributed by atoms with Gasteiger partial charge in [-0.15, -0.1) is 0 Å². The van der Waals surface area contributed by atoms with Crippen molar-refractivity contribution in [3.63, 3.8) is 0 Å². The van der Waals surface area contributed by atoms with Crippen molar-refractivity contribution in [3.8, 4) is 0 Å². The quantitative estimate of drug-likeness (QED) is 0.824. The standard InChI is InChI=1S/C9H11F3O2/c10-9(11,12)5-7(6-13)4-8-2-1-3-14-8/h1-3,7,13H,4-6H2/t7-/m1/s1. The molecule has 1 atom stereocenters. The molecule has 0 aliphatic rings. The van der Waals surface area contributed by atoms with Gasteiger partial charge in [-0.1, -0.05) is 0 Å². The lowest BCUT2D eigenvalue weighted by atomic mass is 10.0. The number of hydrogen-bond donors (Lipinski definition) is 1. The molecular weight excluding hydrogens is 197 g/mol. The highest BCUT2D eigenvalue weighted by Crippen LogP contribution is 2.26. The van der Waals surface area contributed by atoms with Crippen LogP contribution in [0.25, 0.3) is 0 Å². The van der Waals surface area contributed by atoms with Gasteiger partial charge in [-0.3, -0.25) is 0 Å². The maximum Gasteiger partial charge on any atom is 0.389 e. The Balaban J connectivity index is 2.47. The van der Waals surface area contributed by atoms with E-state index in [-0.39, 0.29) is 6.42 Å². The van der Waals surface area contributed by atoms with E-state index >= 15 is 0 Å². The SMILES string of the molecule is OC[C@H](Cc1ccco1)CC(F)(F)F. The molecule has 1 rings (SSSR count). The van der Waals surface area contributed by atoms with Gasteiger partial charge in [0, 0.05) is 19.4 Å². The minimum absolute atomic E-state index is 0.114. The van der Waals surface area contributed by atoms with Crippen LogP contribution in [0.4, 0.5) is 13.2 Å². The summed E-state index contributed by atoms with van der Waals surface area (Å²) >= 11 is 0. The first-order valence-electron chi connectivity index (χ1n) is 4.21. The normalized spacial score (nSPS) is 14.3. The van der Waals surface area contributed by atoms with Crippen molar-refractivity contribution < 1.29 is 22.7 Å². The van der Waals surface area contributed by atoms with Crippen LogP contribution in [0, 0.1) is 5.92 Å². The average Bonchev–Trinajstić information content (AvgIpc) is 2.53. The van der Waals surface area contributed by atoms with Crippen LogP contribution in [-0.2, 0) is 6.42 Å². The lowest BCUT2D eigenvalue weighted by Crippen LogP contribution is -2.19. The van der Waals surface area contributed by atoms with Crippen LogP contribution in [-0.4, -0.2) is 17.9 Å². The zero-order chi connectivity index (χ0) is 10.6. The molecule has 0 fully saturated rings. The first kappa shape index (κ1) is 11.1. The van der Waals surface area contributed by atoms with Crippen molar-refractivity contribution >= 4 is 0 Å². The van der Waals surface area contributed by atoms with Gasteiger partial charge >= 0.3 is 6.18 Å². The Hall–Kier alpha value is -0.970. The minimum atomic E-state index is -4.24. The van der Waals surface area contributed by atoms with Gasteiger partial charge in [0.15, 0.2) is 0 Å². The van der Waals surface area contributed by atoms with Crippen molar-refractivity contribution in [2.45, 2.75) is 19.0 Å². The zero-order valence-electron chi connectivity index (χ0n) is 7.42. The highest BCUT2D eigenvalue weighted by atomic mass is 19.4. The van der Waals surface area contributed by atoms with E-state index < -0.39 is 25.1 Å². The second kappa shape index (κ2) is 4.50. The van der Waals surface area contributed by atoms with E-state index in [1.54, 1.807) is 12.1 Å². The Kier molecular flexibility index (Phi) is 3.57. The Bertz CT molecular complexity index is 254. The summed E-state index contributed by atoms with van der Waals surface area (Å²) in [5.41, 5.74) is 0. The molecular formula is C9H11F3O2. The molecule has 1 aromatic rings. The van der Waals surface area contributed by atoms with Crippen molar-refractivity contribution in [1.82, 2.24) is 0 Å². The predicted octanol–water partition coefficient (Wildman–Crippen LogP) is 2.38. The largest absolute Gasteiger partial charge is 0.469 e. The average molecular weight is 208 g/mol. The monoisotopic (exact) mass is 208 g/mol. The Morgan fingerprint density at radius 1 is 1.43 bits per heavy atom. The number of hydrogen-bond acceptors (Lipinski definition) is 2. The summed E-state index contributed by atoms with van der Waals surface area (Å²) in [7, 11) is 0. The van der Waals surface area contributed by atoms with E-state index in [1.807, 2.05) is 0 Å². The first-order chi connectivity index (χ1) is 6.51. The number of rotatable bonds is 4. The van der Waals surface area contributed by atoms with Gasteiger partial charge in [0.1, 0.15) is 5.76 Å². The van der Waals surface area contributed by atoms with E-state index in [1.165, 1.54) is 6.26 Å². The van der Waals surface area contributed by atoms with Gasteiger partial charge in [-0.25, -0.2) is 0 Å². The third-order valence-electron chi connectivity index (χ3n) is 1.85. The Morgan fingerprint density at radius 3 is 2.57 bits per heavy atom. The Morgan fingerprint density at radius 2 is 2.14 bits per heavy atom. The minimum Gasteiger partial charge on any atom is -0.469 e. The molecule has 0 aromatic carbocycles. The molecule has 0 aliphatic heterocycles. The molecule has 1 aromatic heterocycles. The second-order valence-corrected chi connectivity index (χ2v) is 3.15. The molecule has 80 valence electrons. The number of alkyl halides is 3. The number of aliphatic hydroxyl groups excluding tert-OH is 1. The van der Waals surface area contributed by atoms with E-state index in [2.05, 4.69) is 0 Å². The first-order valence-corrected chi connectivity index (χ1v) is 4.21. The van der Waals surface area contributed by atoms with Crippen LogP contribution in [0.5, 0.6) is 0 Å². The third kappa shape index (κ3) is 3.83.